The van der Waals surface area contributed by atoms with Crippen molar-refractivity contribution in [2.45, 2.75) is 30.8 Å². The number of amides is 3. The van der Waals surface area contributed by atoms with Gasteiger partial charge in [-0.3, -0.25) is 24.2 Å². The quantitative estimate of drug-likeness (QED) is 0.801. The molecule has 0 radical (unpaired) electrons. The highest BCUT2D eigenvalue weighted by Crippen LogP contribution is 2.60. The Hall–Kier alpha value is -2.99. The average Bonchev–Trinajstić information content (AvgIpc) is 3.46. The number of rotatable bonds is 3. The molecule has 4 atom stereocenters. The molecule has 1 spiro atoms. The average molecular weight is 401 g/mol. The summed E-state index contributed by atoms with van der Waals surface area (Å²) >= 11 is 0. The Morgan fingerprint density at radius 2 is 1.73 bits per heavy atom. The molecule has 0 aromatic heterocycles. The van der Waals surface area contributed by atoms with E-state index >= 15 is 0 Å². The Morgan fingerprint density at radius 3 is 2.57 bits per heavy atom. The second-order valence-corrected chi connectivity index (χ2v) is 8.74. The van der Waals surface area contributed by atoms with Gasteiger partial charge in [0.2, 0.25) is 17.7 Å². The van der Waals surface area contributed by atoms with Crippen molar-refractivity contribution >= 4 is 23.4 Å². The van der Waals surface area contributed by atoms with Gasteiger partial charge in [-0.05, 0) is 37.4 Å². The SMILES string of the molecule is O=C1[C@@H]2[C@H]3CCCN3[C@]3(C(=O)Nc4ccccc43)[C@@H]2C(=O)N1CCc1ccccc1. The van der Waals surface area contributed by atoms with Crippen molar-refractivity contribution in [2.75, 3.05) is 18.4 Å². The number of benzene rings is 2. The lowest BCUT2D eigenvalue weighted by atomic mass is 9.75. The van der Waals surface area contributed by atoms with E-state index < -0.39 is 17.4 Å². The molecular formula is C24H23N3O3. The second-order valence-electron chi connectivity index (χ2n) is 8.74. The fraction of sp³-hybridized carbons (Fsp3) is 0.375. The summed E-state index contributed by atoms with van der Waals surface area (Å²) in [5.74, 6) is -1.54. The van der Waals surface area contributed by atoms with Crippen LogP contribution >= 0.6 is 0 Å². The molecule has 1 N–H and O–H groups in total. The number of hydrogen-bond donors (Lipinski definition) is 1. The minimum absolute atomic E-state index is 0.0509. The van der Waals surface area contributed by atoms with E-state index in [1.54, 1.807) is 0 Å². The fourth-order valence-electron chi connectivity index (χ4n) is 6.32. The largest absolute Gasteiger partial charge is 0.324 e. The van der Waals surface area contributed by atoms with Crippen LogP contribution in [0.1, 0.15) is 24.0 Å². The predicted molar refractivity (Wildman–Crippen MR) is 110 cm³/mol. The van der Waals surface area contributed by atoms with Crippen molar-refractivity contribution in [3.63, 3.8) is 0 Å². The Balaban J connectivity index is 1.42. The molecule has 6 heteroatoms. The number of nitrogens with zero attached hydrogens (tertiary/aromatic N) is 2. The van der Waals surface area contributed by atoms with E-state index in [0.717, 1.165) is 36.2 Å². The van der Waals surface area contributed by atoms with Gasteiger partial charge in [-0.1, -0.05) is 48.5 Å². The molecule has 3 amide bonds. The third-order valence-corrected chi connectivity index (χ3v) is 7.46. The first-order chi connectivity index (χ1) is 14.6. The summed E-state index contributed by atoms with van der Waals surface area (Å²) in [6, 6.07) is 17.5. The minimum atomic E-state index is -1.06. The van der Waals surface area contributed by atoms with Crippen molar-refractivity contribution in [3.05, 3.63) is 65.7 Å². The summed E-state index contributed by atoms with van der Waals surface area (Å²) in [4.78, 5) is 44.2. The smallest absolute Gasteiger partial charge is 0.250 e. The normalized spacial score (nSPS) is 31.9. The lowest BCUT2D eigenvalue weighted by molar-refractivity contribution is -0.145. The number of anilines is 1. The van der Waals surface area contributed by atoms with E-state index in [1.165, 1.54) is 4.90 Å². The summed E-state index contributed by atoms with van der Waals surface area (Å²) in [7, 11) is 0. The topological polar surface area (TPSA) is 69.7 Å². The molecular weight excluding hydrogens is 378 g/mol. The van der Waals surface area contributed by atoms with Crippen LogP contribution in [0.15, 0.2) is 54.6 Å². The van der Waals surface area contributed by atoms with E-state index in [4.69, 9.17) is 0 Å². The molecule has 4 aliphatic rings. The van der Waals surface area contributed by atoms with Gasteiger partial charge in [0.25, 0.3) is 0 Å². The Morgan fingerprint density at radius 1 is 0.967 bits per heavy atom. The fourth-order valence-corrected chi connectivity index (χ4v) is 6.32. The summed E-state index contributed by atoms with van der Waals surface area (Å²) in [6.07, 6.45) is 2.42. The van der Waals surface area contributed by atoms with Gasteiger partial charge < -0.3 is 5.32 Å². The van der Waals surface area contributed by atoms with E-state index in [2.05, 4.69) is 10.2 Å². The highest BCUT2D eigenvalue weighted by atomic mass is 16.2. The summed E-state index contributed by atoms with van der Waals surface area (Å²) in [5, 5.41) is 3.00. The number of imide groups is 1. The Kier molecular flexibility index (Phi) is 3.72. The van der Waals surface area contributed by atoms with Gasteiger partial charge in [0.1, 0.15) is 5.54 Å². The standard InChI is InChI=1S/C24H23N3O3/c28-21-19-18-11-6-13-27(18)24(16-9-4-5-10-17(16)25-23(24)30)20(19)22(29)26(21)14-12-15-7-2-1-3-8-15/h1-5,7-10,18-20H,6,11-14H2,(H,25,30)/t18-,19-,20+,24+/m1/s1. The van der Waals surface area contributed by atoms with Crippen LogP contribution in [0, 0.1) is 11.8 Å². The minimum Gasteiger partial charge on any atom is -0.324 e. The summed E-state index contributed by atoms with van der Waals surface area (Å²) in [5.41, 5.74) is 1.64. The molecule has 152 valence electrons. The molecule has 3 fully saturated rings. The maximum absolute atomic E-state index is 13.7. The number of para-hydroxylation sites is 1. The second kappa shape index (κ2) is 6.25. The van der Waals surface area contributed by atoms with Gasteiger partial charge in [-0.25, -0.2) is 0 Å². The third-order valence-electron chi connectivity index (χ3n) is 7.46. The van der Waals surface area contributed by atoms with Crippen LogP contribution in [0.4, 0.5) is 5.69 Å². The molecule has 0 unspecified atom stereocenters. The van der Waals surface area contributed by atoms with Crippen LogP contribution < -0.4 is 5.32 Å². The van der Waals surface area contributed by atoms with Gasteiger partial charge in [0.15, 0.2) is 0 Å². The van der Waals surface area contributed by atoms with Crippen LogP contribution in [0.5, 0.6) is 0 Å². The molecule has 6 rings (SSSR count). The van der Waals surface area contributed by atoms with Crippen molar-refractivity contribution < 1.29 is 14.4 Å². The van der Waals surface area contributed by atoms with Gasteiger partial charge in [-0.2, -0.15) is 0 Å². The summed E-state index contributed by atoms with van der Waals surface area (Å²) in [6.45, 7) is 1.10. The zero-order valence-electron chi connectivity index (χ0n) is 16.6. The monoisotopic (exact) mass is 401 g/mol. The number of hydrogen-bond acceptors (Lipinski definition) is 4. The molecule has 30 heavy (non-hydrogen) atoms. The Bertz CT molecular complexity index is 1070. The molecule has 2 aromatic rings. The van der Waals surface area contributed by atoms with Crippen LogP contribution in [0.2, 0.25) is 0 Å². The van der Waals surface area contributed by atoms with Crippen LogP contribution in [-0.4, -0.2) is 46.7 Å². The van der Waals surface area contributed by atoms with Gasteiger partial charge in [0, 0.05) is 23.8 Å². The lowest BCUT2D eigenvalue weighted by Gasteiger charge is -2.36. The first-order valence-electron chi connectivity index (χ1n) is 10.7. The summed E-state index contributed by atoms with van der Waals surface area (Å²) < 4.78 is 0. The van der Waals surface area contributed by atoms with E-state index in [-0.39, 0.29) is 23.8 Å². The number of nitrogens with one attached hydrogen (secondary N) is 1. The van der Waals surface area contributed by atoms with Crippen molar-refractivity contribution in [3.8, 4) is 0 Å². The van der Waals surface area contributed by atoms with Crippen molar-refractivity contribution in [1.29, 1.82) is 0 Å². The molecule has 4 aliphatic heterocycles. The molecule has 3 saturated heterocycles. The van der Waals surface area contributed by atoms with Crippen LogP contribution in [0.3, 0.4) is 0 Å². The first-order valence-corrected chi connectivity index (χ1v) is 10.7. The zero-order chi connectivity index (χ0) is 20.5. The number of carbonyl (C=O) groups excluding carboxylic acids is 3. The number of likely N-dealkylation sites (tertiary alicyclic amines) is 1. The maximum atomic E-state index is 13.7. The number of carbonyl (C=O) groups is 3. The highest BCUT2D eigenvalue weighted by Gasteiger charge is 2.74. The number of fused-ring (bicyclic) bond motifs is 7. The Labute approximate surface area is 174 Å². The van der Waals surface area contributed by atoms with Crippen molar-refractivity contribution in [1.82, 2.24) is 9.80 Å². The zero-order valence-corrected chi connectivity index (χ0v) is 16.6. The molecule has 0 bridgehead atoms. The molecule has 2 aromatic carbocycles. The molecule has 6 nitrogen and oxygen atoms in total. The van der Waals surface area contributed by atoms with E-state index in [9.17, 15) is 14.4 Å². The van der Waals surface area contributed by atoms with Gasteiger partial charge in [-0.15, -0.1) is 0 Å². The molecule has 4 heterocycles. The lowest BCUT2D eigenvalue weighted by Crippen LogP contribution is -2.54. The molecule has 0 saturated carbocycles. The first kappa shape index (κ1) is 17.8. The molecule has 0 aliphatic carbocycles. The van der Waals surface area contributed by atoms with Crippen LogP contribution in [-0.2, 0) is 26.3 Å². The van der Waals surface area contributed by atoms with Gasteiger partial charge >= 0.3 is 0 Å². The highest BCUT2D eigenvalue weighted by molar-refractivity contribution is 6.15. The van der Waals surface area contributed by atoms with Crippen molar-refractivity contribution in [2.24, 2.45) is 11.8 Å². The third kappa shape index (κ3) is 2.09. The van der Waals surface area contributed by atoms with E-state index in [0.29, 0.717) is 13.0 Å². The van der Waals surface area contributed by atoms with Gasteiger partial charge in [0.05, 0.1) is 11.8 Å². The van der Waals surface area contributed by atoms with E-state index in [1.807, 2.05) is 54.6 Å². The predicted octanol–water partition coefficient (Wildman–Crippen LogP) is 2.16. The maximum Gasteiger partial charge on any atom is 0.250 e. The van der Waals surface area contributed by atoms with Crippen LogP contribution in [0.25, 0.3) is 0 Å².